The fourth-order valence-electron chi connectivity index (χ4n) is 3.97. The van der Waals surface area contributed by atoms with Crippen molar-refractivity contribution in [3.8, 4) is 0 Å². The highest BCUT2D eigenvalue weighted by Gasteiger charge is 2.24. The third-order valence-corrected chi connectivity index (χ3v) is 6.85. The minimum absolute atomic E-state index is 0.212. The van der Waals surface area contributed by atoms with Gasteiger partial charge in [-0.15, -0.1) is 0 Å². The number of rotatable bonds is 6. The van der Waals surface area contributed by atoms with Crippen LogP contribution in [0.5, 0.6) is 0 Å². The van der Waals surface area contributed by atoms with Crippen LogP contribution in [-0.2, 0) is 0 Å². The lowest BCUT2D eigenvalue weighted by Gasteiger charge is -2.35. The molecule has 2 heterocycles. The van der Waals surface area contributed by atoms with Crippen molar-refractivity contribution >= 4 is 28.9 Å². The van der Waals surface area contributed by atoms with E-state index < -0.39 is 0 Å². The van der Waals surface area contributed by atoms with E-state index in [9.17, 15) is 4.79 Å². The summed E-state index contributed by atoms with van der Waals surface area (Å²) < 4.78 is 0. The number of nitrogens with zero attached hydrogens (tertiary/aromatic N) is 3. The van der Waals surface area contributed by atoms with Crippen LogP contribution in [0.2, 0.25) is 0 Å². The molecule has 148 valence electrons. The molecule has 0 bridgehead atoms. The third kappa shape index (κ3) is 4.12. The summed E-state index contributed by atoms with van der Waals surface area (Å²) in [5, 5.41) is 0. The predicted molar refractivity (Wildman–Crippen MR) is 117 cm³/mol. The van der Waals surface area contributed by atoms with Crippen molar-refractivity contribution in [2.45, 2.75) is 29.6 Å². The van der Waals surface area contributed by atoms with E-state index in [0.717, 1.165) is 51.3 Å². The minimum Gasteiger partial charge on any atom is -0.340 e. The van der Waals surface area contributed by atoms with Crippen LogP contribution in [0.1, 0.15) is 30.1 Å². The van der Waals surface area contributed by atoms with Gasteiger partial charge in [0.05, 0.1) is 11.4 Å². The molecular formula is C23H29N3OS. The Morgan fingerprint density at radius 3 is 2.50 bits per heavy atom. The third-order valence-electron chi connectivity index (χ3n) is 5.72. The van der Waals surface area contributed by atoms with Gasteiger partial charge in [-0.2, -0.15) is 0 Å². The van der Waals surface area contributed by atoms with Gasteiger partial charge in [0.25, 0.3) is 0 Å². The molecule has 28 heavy (non-hydrogen) atoms. The van der Waals surface area contributed by atoms with E-state index in [0.29, 0.717) is 6.42 Å². The number of para-hydroxylation sites is 1. The Kier molecular flexibility index (Phi) is 6.04. The lowest BCUT2D eigenvalue weighted by molar-refractivity contribution is 0.0988. The molecule has 4 rings (SSSR count). The molecule has 1 saturated heterocycles. The van der Waals surface area contributed by atoms with Crippen molar-refractivity contribution in [2.75, 3.05) is 51.2 Å². The topological polar surface area (TPSA) is 26.8 Å². The molecule has 5 heteroatoms. The number of Topliss-reactive ketones (excluding diaryl/α,β-unsaturated/α-hetero) is 1. The molecule has 0 atom stereocenters. The number of benzene rings is 2. The summed E-state index contributed by atoms with van der Waals surface area (Å²) in [5.41, 5.74) is 3.27. The van der Waals surface area contributed by atoms with Crippen molar-refractivity contribution in [3.05, 3.63) is 48.0 Å². The van der Waals surface area contributed by atoms with Gasteiger partial charge in [-0.3, -0.25) is 4.79 Å². The number of fused-ring (bicyclic) bond motifs is 2. The zero-order valence-electron chi connectivity index (χ0n) is 16.9. The van der Waals surface area contributed by atoms with Gasteiger partial charge in [-0.25, -0.2) is 0 Å². The van der Waals surface area contributed by atoms with E-state index >= 15 is 0 Å². The molecule has 2 aromatic carbocycles. The van der Waals surface area contributed by atoms with Crippen LogP contribution in [0.4, 0.5) is 11.4 Å². The first kappa shape index (κ1) is 19.5. The van der Waals surface area contributed by atoms with Crippen molar-refractivity contribution in [1.82, 2.24) is 9.80 Å². The molecule has 0 N–H and O–H groups in total. The number of carbonyl (C=O) groups is 1. The van der Waals surface area contributed by atoms with Crippen LogP contribution in [-0.4, -0.2) is 61.9 Å². The molecule has 0 aliphatic carbocycles. The SMILES string of the molecule is CCC(=O)c1ccc2c(c1)N(CCCN1CCN(C)CC1)c1ccccc1S2. The standard InChI is InChI=1S/C23H29N3OS/c1-3-21(27)18-9-10-23-20(17-18)26(19-7-4-5-8-22(19)28-23)12-6-11-25-15-13-24(2)14-16-25/h4-5,7-10,17H,3,6,11-16H2,1-2H3. The molecule has 0 spiro atoms. The van der Waals surface area contributed by atoms with E-state index in [4.69, 9.17) is 0 Å². The highest BCUT2D eigenvalue weighted by molar-refractivity contribution is 7.99. The zero-order valence-corrected chi connectivity index (χ0v) is 17.7. The quantitative estimate of drug-likeness (QED) is 0.670. The number of anilines is 2. The fourth-order valence-corrected chi connectivity index (χ4v) is 5.05. The Labute approximate surface area is 172 Å². The second-order valence-corrected chi connectivity index (χ2v) is 8.76. The predicted octanol–water partition coefficient (Wildman–Crippen LogP) is 4.52. The highest BCUT2D eigenvalue weighted by Crippen LogP contribution is 2.48. The van der Waals surface area contributed by atoms with E-state index in [1.807, 2.05) is 24.8 Å². The van der Waals surface area contributed by atoms with Gasteiger partial charge in [0.2, 0.25) is 0 Å². The van der Waals surface area contributed by atoms with Crippen molar-refractivity contribution in [2.24, 2.45) is 0 Å². The number of carbonyl (C=O) groups excluding carboxylic acids is 1. The van der Waals surface area contributed by atoms with Crippen molar-refractivity contribution < 1.29 is 4.79 Å². The van der Waals surface area contributed by atoms with Crippen molar-refractivity contribution in [1.29, 1.82) is 0 Å². The van der Waals surface area contributed by atoms with Crippen LogP contribution < -0.4 is 4.90 Å². The van der Waals surface area contributed by atoms with Gasteiger partial charge in [0.15, 0.2) is 5.78 Å². The van der Waals surface area contributed by atoms with E-state index in [1.54, 1.807) is 0 Å². The monoisotopic (exact) mass is 395 g/mol. The Balaban J connectivity index is 1.54. The molecule has 0 aromatic heterocycles. The summed E-state index contributed by atoms with van der Waals surface area (Å²) in [5.74, 6) is 0.212. The fraction of sp³-hybridized carbons (Fsp3) is 0.435. The summed E-state index contributed by atoms with van der Waals surface area (Å²) in [4.78, 5) is 22.2. The second-order valence-electron chi connectivity index (χ2n) is 7.68. The first-order valence-corrected chi connectivity index (χ1v) is 11.1. The summed E-state index contributed by atoms with van der Waals surface area (Å²) in [6.45, 7) is 8.68. The molecule has 2 aliphatic rings. The van der Waals surface area contributed by atoms with Gasteiger partial charge in [0, 0.05) is 54.5 Å². The molecule has 2 aliphatic heterocycles. The summed E-state index contributed by atoms with van der Waals surface area (Å²) in [6.07, 6.45) is 1.67. The number of hydrogen-bond donors (Lipinski definition) is 0. The molecule has 0 unspecified atom stereocenters. The minimum atomic E-state index is 0.212. The molecule has 0 radical (unpaired) electrons. The summed E-state index contributed by atoms with van der Waals surface area (Å²) >= 11 is 1.81. The number of piperazine rings is 1. The number of hydrogen-bond acceptors (Lipinski definition) is 5. The average molecular weight is 396 g/mol. The first-order chi connectivity index (χ1) is 13.7. The molecular weight excluding hydrogens is 366 g/mol. The van der Waals surface area contributed by atoms with E-state index in [-0.39, 0.29) is 5.78 Å². The second kappa shape index (κ2) is 8.68. The van der Waals surface area contributed by atoms with E-state index in [2.05, 4.69) is 58.1 Å². The van der Waals surface area contributed by atoms with Gasteiger partial charge in [-0.05, 0) is 44.3 Å². The normalized spacial score (nSPS) is 17.3. The lowest BCUT2D eigenvalue weighted by Crippen LogP contribution is -2.45. The molecule has 0 amide bonds. The molecule has 1 fully saturated rings. The summed E-state index contributed by atoms with van der Waals surface area (Å²) in [7, 11) is 2.20. The Hall–Kier alpha value is -1.82. The molecule has 0 saturated carbocycles. The van der Waals surface area contributed by atoms with Crippen molar-refractivity contribution in [3.63, 3.8) is 0 Å². The zero-order chi connectivity index (χ0) is 19.5. The molecule has 2 aromatic rings. The maximum absolute atomic E-state index is 12.3. The smallest absolute Gasteiger partial charge is 0.162 e. The highest BCUT2D eigenvalue weighted by atomic mass is 32.2. The van der Waals surface area contributed by atoms with Crippen LogP contribution in [0.3, 0.4) is 0 Å². The largest absolute Gasteiger partial charge is 0.340 e. The lowest BCUT2D eigenvalue weighted by atomic mass is 10.1. The van der Waals surface area contributed by atoms with Crippen LogP contribution in [0.25, 0.3) is 0 Å². The molecule has 4 nitrogen and oxygen atoms in total. The Morgan fingerprint density at radius 1 is 0.964 bits per heavy atom. The Morgan fingerprint density at radius 2 is 1.71 bits per heavy atom. The first-order valence-electron chi connectivity index (χ1n) is 10.3. The van der Waals surface area contributed by atoms with Gasteiger partial charge >= 0.3 is 0 Å². The maximum Gasteiger partial charge on any atom is 0.162 e. The van der Waals surface area contributed by atoms with Gasteiger partial charge in [0.1, 0.15) is 0 Å². The summed E-state index contributed by atoms with van der Waals surface area (Å²) in [6, 6.07) is 14.8. The van der Waals surface area contributed by atoms with Gasteiger partial charge in [-0.1, -0.05) is 36.9 Å². The average Bonchev–Trinajstić information content (AvgIpc) is 2.73. The number of likely N-dealkylation sites (N-methyl/N-ethyl adjacent to an activating group) is 1. The van der Waals surface area contributed by atoms with Crippen LogP contribution in [0.15, 0.2) is 52.3 Å². The van der Waals surface area contributed by atoms with Gasteiger partial charge < -0.3 is 14.7 Å². The van der Waals surface area contributed by atoms with E-state index in [1.165, 1.54) is 21.2 Å². The maximum atomic E-state index is 12.3. The Bertz CT molecular complexity index is 845. The number of ketones is 1. The van der Waals surface area contributed by atoms with Crippen LogP contribution >= 0.6 is 11.8 Å². The van der Waals surface area contributed by atoms with Crippen LogP contribution in [0, 0.1) is 0 Å².